The summed E-state index contributed by atoms with van der Waals surface area (Å²) in [7, 11) is 0. The lowest BCUT2D eigenvalue weighted by Crippen LogP contribution is -2.38. The molecule has 2 aromatic heterocycles. The molecule has 0 bridgehead atoms. The van der Waals surface area contributed by atoms with Crippen LogP contribution in [0.25, 0.3) is 0 Å². The minimum atomic E-state index is -1.10. The number of nitrogens with zero attached hydrogens (tertiary/aromatic N) is 2. The van der Waals surface area contributed by atoms with Gasteiger partial charge in [0.2, 0.25) is 0 Å². The number of rotatable bonds is 5. The van der Waals surface area contributed by atoms with E-state index in [0.717, 1.165) is 0 Å². The topological polar surface area (TPSA) is 97.4 Å². The van der Waals surface area contributed by atoms with Crippen molar-refractivity contribution in [2.75, 3.05) is 0 Å². The standard InChI is InChI=1S/C12H13N3O4/c1-8(12(17)18)14-11(16)10-4-3-9(19-10)7-15-6-2-5-13-15/h2-6,8H,7H2,1H3,(H,14,16)(H,17,18)/t8-/m1/s1. The normalized spacial score (nSPS) is 12.1. The molecule has 0 fully saturated rings. The van der Waals surface area contributed by atoms with Crippen LogP contribution in [0.5, 0.6) is 0 Å². The lowest BCUT2D eigenvalue weighted by molar-refractivity contribution is -0.138. The number of hydrogen-bond acceptors (Lipinski definition) is 4. The Kier molecular flexibility index (Phi) is 3.65. The molecule has 2 N–H and O–H groups in total. The largest absolute Gasteiger partial charge is 0.480 e. The van der Waals surface area contributed by atoms with E-state index in [1.807, 2.05) is 0 Å². The minimum Gasteiger partial charge on any atom is -0.480 e. The molecule has 0 aliphatic rings. The van der Waals surface area contributed by atoms with E-state index in [4.69, 9.17) is 9.52 Å². The first-order chi connectivity index (χ1) is 9.06. The summed E-state index contributed by atoms with van der Waals surface area (Å²) in [6.07, 6.45) is 3.42. The van der Waals surface area contributed by atoms with Crippen molar-refractivity contribution in [2.24, 2.45) is 0 Å². The van der Waals surface area contributed by atoms with Gasteiger partial charge in [0.25, 0.3) is 5.91 Å². The number of carboxylic acid groups (broad SMARTS) is 1. The third kappa shape index (κ3) is 3.21. The van der Waals surface area contributed by atoms with E-state index in [-0.39, 0.29) is 5.76 Å². The van der Waals surface area contributed by atoms with Crippen molar-refractivity contribution in [3.63, 3.8) is 0 Å². The summed E-state index contributed by atoms with van der Waals surface area (Å²) >= 11 is 0. The van der Waals surface area contributed by atoms with Gasteiger partial charge in [-0.1, -0.05) is 0 Å². The van der Waals surface area contributed by atoms with Crippen molar-refractivity contribution in [2.45, 2.75) is 19.5 Å². The Hall–Kier alpha value is -2.57. The highest BCUT2D eigenvalue weighted by Crippen LogP contribution is 2.09. The van der Waals surface area contributed by atoms with Gasteiger partial charge in [-0.05, 0) is 25.1 Å². The first-order valence-electron chi connectivity index (χ1n) is 5.66. The van der Waals surface area contributed by atoms with E-state index in [1.54, 1.807) is 29.2 Å². The van der Waals surface area contributed by atoms with Gasteiger partial charge in [0.1, 0.15) is 11.8 Å². The average molecular weight is 263 g/mol. The van der Waals surface area contributed by atoms with Gasteiger partial charge in [-0.25, -0.2) is 0 Å². The Labute approximate surface area is 108 Å². The molecular formula is C12H13N3O4. The second-order valence-electron chi connectivity index (χ2n) is 4.00. The van der Waals surface area contributed by atoms with Crippen LogP contribution in [0.4, 0.5) is 0 Å². The average Bonchev–Trinajstić information content (AvgIpc) is 3.00. The quantitative estimate of drug-likeness (QED) is 0.828. The number of carbonyl (C=O) groups is 2. The van der Waals surface area contributed by atoms with Crippen molar-refractivity contribution in [1.29, 1.82) is 0 Å². The molecule has 0 radical (unpaired) electrons. The van der Waals surface area contributed by atoms with Crippen LogP contribution in [-0.2, 0) is 11.3 Å². The van der Waals surface area contributed by atoms with Gasteiger partial charge in [0.05, 0.1) is 6.54 Å². The minimum absolute atomic E-state index is 0.0789. The fourth-order valence-corrected chi connectivity index (χ4v) is 1.47. The molecule has 1 atom stereocenters. The lowest BCUT2D eigenvalue weighted by atomic mass is 10.3. The van der Waals surface area contributed by atoms with Crippen LogP contribution in [0, 0.1) is 0 Å². The smallest absolute Gasteiger partial charge is 0.325 e. The summed E-state index contributed by atoms with van der Waals surface area (Å²) in [5, 5.41) is 15.0. The first kappa shape index (κ1) is 12.9. The van der Waals surface area contributed by atoms with Gasteiger partial charge < -0.3 is 14.8 Å². The van der Waals surface area contributed by atoms with Crippen molar-refractivity contribution in [3.8, 4) is 0 Å². The first-order valence-corrected chi connectivity index (χ1v) is 5.66. The molecule has 0 unspecified atom stereocenters. The monoisotopic (exact) mass is 263 g/mol. The molecule has 2 rings (SSSR count). The number of nitrogens with one attached hydrogen (secondary N) is 1. The summed E-state index contributed by atoms with van der Waals surface area (Å²) in [6.45, 7) is 1.79. The molecule has 19 heavy (non-hydrogen) atoms. The second-order valence-corrected chi connectivity index (χ2v) is 4.00. The maximum absolute atomic E-state index is 11.7. The third-order valence-electron chi connectivity index (χ3n) is 2.48. The summed E-state index contributed by atoms with van der Waals surface area (Å²) in [4.78, 5) is 22.3. The van der Waals surface area contributed by atoms with Crippen molar-refractivity contribution >= 4 is 11.9 Å². The van der Waals surface area contributed by atoms with E-state index in [1.165, 1.54) is 13.0 Å². The van der Waals surface area contributed by atoms with E-state index < -0.39 is 17.9 Å². The number of aromatic nitrogens is 2. The van der Waals surface area contributed by atoms with Crippen LogP contribution in [-0.4, -0.2) is 32.8 Å². The fourth-order valence-electron chi connectivity index (χ4n) is 1.47. The number of aliphatic carboxylic acids is 1. The number of furan rings is 1. The summed E-state index contributed by atoms with van der Waals surface area (Å²) < 4.78 is 6.99. The second kappa shape index (κ2) is 5.38. The Morgan fingerprint density at radius 1 is 1.53 bits per heavy atom. The van der Waals surface area contributed by atoms with Crippen LogP contribution in [0.2, 0.25) is 0 Å². The Bertz CT molecular complexity index is 574. The molecule has 7 nitrogen and oxygen atoms in total. The van der Waals surface area contributed by atoms with Crippen LogP contribution < -0.4 is 5.32 Å². The van der Waals surface area contributed by atoms with Crippen LogP contribution in [0.3, 0.4) is 0 Å². The van der Waals surface area contributed by atoms with Gasteiger partial charge in [-0.15, -0.1) is 0 Å². The molecule has 0 saturated carbocycles. The van der Waals surface area contributed by atoms with Crippen LogP contribution in [0.1, 0.15) is 23.2 Å². The predicted molar refractivity (Wildman–Crippen MR) is 64.6 cm³/mol. The predicted octanol–water partition coefficient (Wildman–Crippen LogP) is 0.727. The molecule has 0 aromatic carbocycles. The zero-order chi connectivity index (χ0) is 13.8. The molecule has 0 saturated heterocycles. The fraction of sp³-hybridized carbons (Fsp3) is 0.250. The van der Waals surface area contributed by atoms with Gasteiger partial charge in [0, 0.05) is 12.4 Å². The summed E-state index contributed by atoms with van der Waals surface area (Å²) in [5.74, 6) is -1.01. The Balaban J connectivity index is 2.00. The molecule has 0 spiro atoms. The molecule has 2 aromatic rings. The number of carboxylic acids is 1. The molecular weight excluding hydrogens is 250 g/mol. The van der Waals surface area contributed by atoms with Crippen molar-refractivity contribution in [3.05, 3.63) is 42.1 Å². The number of amides is 1. The zero-order valence-corrected chi connectivity index (χ0v) is 10.2. The SMILES string of the molecule is C[C@@H](NC(=O)c1ccc(Cn2cccn2)o1)C(=O)O. The van der Waals surface area contributed by atoms with Gasteiger partial charge in [-0.2, -0.15) is 5.10 Å². The van der Waals surface area contributed by atoms with Gasteiger partial charge in [-0.3, -0.25) is 14.3 Å². The molecule has 1 amide bonds. The van der Waals surface area contributed by atoms with E-state index in [9.17, 15) is 9.59 Å². The van der Waals surface area contributed by atoms with Crippen molar-refractivity contribution in [1.82, 2.24) is 15.1 Å². The highest BCUT2D eigenvalue weighted by Gasteiger charge is 2.17. The van der Waals surface area contributed by atoms with E-state index in [0.29, 0.717) is 12.3 Å². The number of carbonyl (C=O) groups excluding carboxylic acids is 1. The molecule has 2 heterocycles. The highest BCUT2D eigenvalue weighted by atomic mass is 16.4. The highest BCUT2D eigenvalue weighted by molar-refractivity contribution is 5.94. The van der Waals surface area contributed by atoms with Gasteiger partial charge >= 0.3 is 5.97 Å². The molecule has 100 valence electrons. The van der Waals surface area contributed by atoms with E-state index in [2.05, 4.69) is 10.4 Å². The van der Waals surface area contributed by atoms with E-state index >= 15 is 0 Å². The molecule has 0 aliphatic heterocycles. The zero-order valence-electron chi connectivity index (χ0n) is 10.2. The lowest BCUT2D eigenvalue weighted by Gasteiger charge is -2.06. The maximum Gasteiger partial charge on any atom is 0.325 e. The third-order valence-corrected chi connectivity index (χ3v) is 2.48. The van der Waals surface area contributed by atoms with Crippen LogP contribution in [0.15, 0.2) is 35.0 Å². The van der Waals surface area contributed by atoms with Crippen molar-refractivity contribution < 1.29 is 19.1 Å². The Morgan fingerprint density at radius 2 is 2.32 bits per heavy atom. The molecule has 7 heteroatoms. The Morgan fingerprint density at radius 3 is 2.95 bits per heavy atom. The van der Waals surface area contributed by atoms with Gasteiger partial charge in [0.15, 0.2) is 5.76 Å². The summed E-state index contributed by atoms with van der Waals surface area (Å²) in [6, 6.07) is 3.97. The summed E-state index contributed by atoms with van der Waals surface area (Å²) in [5.41, 5.74) is 0. The maximum atomic E-state index is 11.7. The van der Waals surface area contributed by atoms with Crippen LogP contribution >= 0.6 is 0 Å². The number of hydrogen-bond donors (Lipinski definition) is 2. The molecule has 0 aliphatic carbocycles.